The van der Waals surface area contributed by atoms with Gasteiger partial charge in [0.1, 0.15) is 11.6 Å². The normalized spacial score (nSPS) is 17.0. The maximum absolute atomic E-state index is 13.8. The number of halogens is 1. The van der Waals surface area contributed by atoms with Gasteiger partial charge >= 0.3 is 0 Å². The van der Waals surface area contributed by atoms with Crippen molar-refractivity contribution in [3.05, 3.63) is 65.5 Å². The predicted octanol–water partition coefficient (Wildman–Crippen LogP) is 3.22. The highest BCUT2D eigenvalue weighted by Crippen LogP contribution is 2.31. The van der Waals surface area contributed by atoms with E-state index < -0.39 is 0 Å². The zero-order valence-corrected chi connectivity index (χ0v) is 13.5. The van der Waals surface area contributed by atoms with E-state index in [9.17, 15) is 4.39 Å². The molecule has 3 nitrogen and oxygen atoms in total. The lowest BCUT2D eigenvalue weighted by molar-refractivity contribution is 0.198. The van der Waals surface area contributed by atoms with Crippen LogP contribution in [0.1, 0.15) is 24.1 Å². The van der Waals surface area contributed by atoms with Crippen LogP contribution in [0.25, 0.3) is 0 Å². The minimum Gasteiger partial charge on any atom is -0.494 e. The SMILES string of the molecule is CCOc1cccc(C(c2cccc(F)c2)N2CCNCC2)c1. The van der Waals surface area contributed by atoms with Crippen molar-refractivity contribution in [3.63, 3.8) is 0 Å². The van der Waals surface area contributed by atoms with Gasteiger partial charge in [-0.05, 0) is 42.3 Å². The van der Waals surface area contributed by atoms with Crippen LogP contribution in [0.15, 0.2) is 48.5 Å². The summed E-state index contributed by atoms with van der Waals surface area (Å²) in [5, 5.41) is 3.38. The third-order valence-electron chi connectivity index (χ3n) is 4.17. The lowest BCUT2D eigenvalue weighted by Crippen LogP contribution is -2.45. The molecule has 0 radical (unpaired) electrons. The Morgan fingerprint density at radius 1 is 1.09 bits per heavy atom. The molecule has 1 atom stereocenters. The summed E-state index contributed by atoms with van der Waals surface area (Å²) < 4.78 is 19.4. The van der Waals surface area contributed by atoms with Crippen molar-refractivity contribution in [1.82, 2.24) is 10.2 Å². The second-order valence-electron chi connectivity index (χ2n) is 5.75. The lowest BCUT2D eigenvalue weighted by atomic mass is 9.96. The summed E-state index contributed by atoms with van der Waals surface area (Å²) in [6, 6.07) is 15.1. The van der Waals surface area contributed by atoms with E-state index in [1.165, 1.54) is 6.07 Å². The standard InChI is InChI=1S/C19H23FN2O/c1-2-23-18-8-4-6-16(14-18)19(22-11-9-21-10-12-22)15-5-3-7-17(20)13-15/h3-8,13-14,19,21H,2,9-12H2,1H3. The highest BCUT2D eigenvalue weighted by atomic mass is 19.1. The molecule has 1 N–H and O–H groups in total. The zero-order chi connectivity index (χ0) is 16.1. The Morgan fingerprint density at radius 3 is 2.48 bits per heavy atom. The van der Waals surface area contributed by atoms with Crippen LogP contribution in [0.4, 0.5) is 4.39 Å². The van der Waals surface area contributed by atoms with Gasteiger partial charge in [0.2, 0.25) is 0 Å². The molecule has 3 rings (SSSR count). The second-order valence-corrected chi connectivity index (χ2v) is 5.75. The molecule has 1 unspecified atom stereocenters. The number of piperazine rings is 1. The molecule has 0 saturated carbocycles. The Hall–Kier alpha value is -1.91. The second kappa shape index (κ2) is 7.57. The fraction of sp³-hybridized carbons (Fsp3) is 0.368. The summed E-state index contributed by atoms with van der Waals surface area (Å²) in [6.07, 6.45) is 0. The first-order valence-corrected chi connectivity index (χ1v) is 8.21. The predicted molar refractivity (Wildman–Crippen MR) is 90.3 cm³/mol. The summed E-state index contributed by atoms with van der Waals surface area (Å²) in [7, 11) is 0. The number of hydrogen-bond acceptors (Lipinski definition) is 3. The molecule has 4 heteroatoms. The minimum absolute atomic E-state index is 0.0493. The van der Waals surface area contributed by atoms with Crippen molar-refractivity contribution in [2.45, 2.75) is 13.0 Å². The number of nitrogens with zero attached hydrogens (tertiary/aromatic N) is 1. The Balaban J connectivity index is 1.98. The van der Waals surface area contributed by atoms with Crippen LogP contribution in [-0.2, 0) is 0 Å². The third kappa shape index (κ3) is 3.89. The number of benzene rings is 2. The largest absolute Gasteiger partial charge is 0.494 e. The van der Waals surface area contributed by atoms with Crippen molar-refractivity contribution < 1.29 is 9.13 Å². The number of rotatable bonds is 5. The average molecular weight is 314 g/mol. The highest BCUT2D eigenvalue weighted by molar-refractivity contribution is 5.37. The van der Waals surface area contributed by atoms with Gasteiger partial charge in [-0.15, -0.1) is 0 Å². The fourth-order valence-corrected chi connectivity index (χ4v) is 3.17. The van der Waals surface area contributed by atoms with Crippen LogP contribution < -0.4 is 10.1 Å². The Kier molecular flexibility index (Phi) is 5.26. The van der Waals surface area contributed by atoms with Crippen LogP contribution in [0.2, 0.25) is 0 Å². The smallest absolute Gasteiger partial charge is 0.123 e. The third-order valence-corrected chi connectivity index (χ3v) is 4.17. The van der Waals surface area contributed by atoms with Crippen LogP contribution >= 0.6 is 0 Å². The Morgan fingerprint density at radius 2 is 1.78 bits per heavy atom. The molecule has 0 aromatic heterocycles. The van der Waals surface area contributed by atoms with Crippen molar-refractivity contribution in [1.29, 1.82) is 0 Å². The minimum atomic E-state index is -0.191. The van der Waals surface area contributed by atoms with E-state index in [-0.39, 0.29) is 11.9 Å². The molecule has 1 saturated heterocycles. The molecule has 0 amide bonds. The maximum Gasteiger partial charge on any atom is 0.123 e. The van der Waals surface area contributed by atoms with Gasteiger partial charge in [-0.3, -0.25) is 4.90 Å². The summed E-state index contributed by atoms with van der Waals surface area (Å²) in [6.45, 7) is 6.42. The number of nitrogens with one attached hydrogen (secondary N) is 1. The molecule has 2 aromatic carbocycles. The molecule has 1 heterocycles. The van der Waals surface area contributed by atoms with E-state index in [0.29, 0.717) is 6.61 Å². The van der Waals surface area contributed by atoms with E-state index in [1.807, 2.05) is 25.1 Å². The Labute approximate surface area is 137 Å². The molecule has 122 valence electrons. The van der Waals surface area contributed by atoms with Crippen molar-refractivity contribution in [2.75, 3.05) is 32.8 Å². The van der Waals surface area contributed by atoms with Crippen LogP contribution in [0.5, 0.6) is 5.75 Å². The summed E-state index contributed by atoms with van der Waals surface area (Å²) in [5.41, 5.74) is 2.13. The van der Waals surface area contributed by atoms with E-state index in [2.05, 4.69) is 22.3 Å². The molecule has 1 aliphatic heterocycles. The monoisotopic (exact) mass is 314 g/mol. The topological polar surface area (TPSA) is 24.5 Å². The van der Waals surface area contributed by atoms with Crippen molar-refractivity contribution in [2.24, 2.45) is 0 Å². The average Bonchev–Trinajstić information content (AvgIpc) is 2.57. The van der Waals surface area contributed by atoms with Gasteiger partial charge in [0.15, 0.2) is 0 Å². The summed E-state index contributed by atoms with van der Waals surface area (Å²) in [5.74, 6) is 0.671. The molecule has 0 bridgehead atoms. The fourth-order valence-electron chi connectivity index (χ4n) is 3.17. The van der Waals surface area contributed by atoms with Crippen LogP contribution in [0, 0.1) is 5.82 Å². The molecule has 1 aliphatic rings. The van der Waals surface area contributed by atoms with Gasteiger partial charge in [0.05, 0.1) is 12.6 Å². The van der Waals surface area contributed by atoms with Gasteiger partial charge < -0.3 is 10.1 Å². The van der Waals surface area contributed by atoms with Gasteiger partial charge in [0, 0.05) is 26.2 Å². The molecule has 1 fully saturated rings. The number of ether oxygens (including phenoxy) is 1. The van der Waals surface area contributed by atoms with Gasteiger partial charge in [-0.1, -0.05) is 24.3 Å². The summed E-state index contributed by atoms with van der Waals surface area (Å²) in [4.78, 5) is 2.40. The number of hydrogen-bond donors (Lipinski definition) is 1. The highest BCUT2D eigenvalue weighted by Gasteiger charge is 2.24. The molecule has 23 heavy (non-hydrogen) atoms. The van der Waals surface area contributed by atoms with Crippen LogP contribution in [-0.4, -0.2) is 37.7 Å². The van der Waals surface area contributed by atoms with E-state index in [1.54, 1.807) is 12.1 Å². The lowest BCUT2D eigenvalue weighted by Gasteiger charge is -2.35. The first-order valence-electron chi connectivity index (χ1n) is 8.21. The summed E-state index contributed by atoms with van der Waals surface area (Å²) >= 11 is 0. The van der Waals surface area contributed by atoms with Crippen molar-refractivity contribution in [3.8, 4) is 5.75 Å². The Bertz CT molecular complexity index is 641. The van der Waals surface area contributed by atoms with Gasteiger partial charge in [0.25, 0.3) is 0 Å². The molecule has 0 aliphatic carbocycles. The maximum atomic E-state index is 13.8. The quantitative estimate of drug-likeness (QED) is 0.917. The molecular weight excluding hydrogens is 291 g/mol. The van der Waals surface area contributed by atoms with E-state index in [0.717, 1.165) is 43.1 Å². The first-order chi connectivity index (χ1) is 11.3. The molecule has 2 aromatic rings. The van der Waals surface area contributed by atoms with Crippen LogP contribution in [0.3, 0.4) is 0 Å². The zero-order valence-electron chi connectivity index (χ0n) is 13.5. The van der Waals surface area contributed by atoms with Gasteiger partial charge in [-0.2, -0.15) is 0 Å². The first kappa shape index (κ1) is 16.0. The van der Waals surface area contributed by atoms with Crippen molar-refractivity contribution >= 4 is 0 Å². The molecule has 0 spiro atoms. The van der Waals surface area contributed by atoms with E-state index >= 15 is 0 Å². The molecular formula is C19H23FN2O. The van der Waals surface area contributed by atoms with E-state index in [4.69, 9.17) is 4.74 Å². The van der Waals surface area contributed by atoms with Gasteiger partial charge in [-0.25, -0.2) is 4.39 Å².